The van der Waals surface area contributed by atoms with E-state index in [0.717, 1.165) is 25.7 Å². The SMILES string of the molecule is CN(C)C(=O)N[C@@H]1CCCC[C@H]1O. The van der Waals surface area contributed by atoms with Gasteiger partial charge < -0.3 is 15.3 Å². The van der Waals surface area contributed by atoms with Gasteiger partial charge in [0, 0.05) is 14.1 Å². The quantitative estimate of drug-likeness (QED) is 0.628. The molecule has 0 unspecified atom stereocenters. The van der Waals surface area contributed by atoms with E-state index >= 15 is 0 Å². The molecular weight excluding hydrogens is 168 g/mol. The van der Waals surface area contributed by atoms with Crippen LogP contribution >= 0.6 is 0 Å². The van der Waals surface area contributed by atoms with Crippen LogP contribution in [0.5, 0.6) is 0 Å². The second-order valence-corrected chi connectivity index (χ2v) is 3.80. The number of nitrogens with one attached hydrogen (secondary N) is 1. The first-order chi connectivity index (χ1) is 6.11. The maximum Gasteiger partial charge on any atom is 0.317 e. The Labute approximate surface area is 78.9 Å². The molecule has 2 N–H and O–H groups in total. The highest BCUT2D eigenvalue weighted by molar-refractivity contribution is 5.73. The van der Waals surface area contributed by atoms with E-state index in [1.807, 2.05) is 0 Å². The topological polar surface area (TPSA) is 52.6 Å². The Morgan fingerprint density at radius 2 is 2.00 bits per heavy atom. The van der Waals surface area contributed by atoms with Crippen molar-refractivity contribution in [3.05, 3.63) is 0 Å². The number of aliphatic hydroxyl groups is 1. The highest BCUT2D eigenvalue weighted by Gasteiger charge is 2.24. The monoisotopic (exact) mass is 186 g/mol. The van der Waals surface area contributed by atoms with Crippen LogP contribution in [0.1, 0.15) is 25.7 Å². The van der Waals surface area contributed by atoms with Crippen LogP contribution in [0.4, 0.5) is 4.79 Å². The Kier molecular flexibility index (Phi) is 3.54. The molecule has 0 bridgehead atoms. The predicted octanol–water partition coefficient (Wildman–Crippen LogP) is 0.561. The Bertz CT molecular complexity index is 182. The van der Waals surface area contributed by atoms with Crippen LogP contribution in [-0.4, -0.2) is 42.3 Å². The molecule has 2 atom stereocenters. The minimum absolute atomic E-state index is 0.0522. The van der Waals surface area contributed by atoms with Crippen LogP contribution in [0.3, 0.4) is 0 Å². The molecule has 0 aromatic heterocycles. The van der Waals surface area contributed by atoms with Gasteiger partial charge in [-0.05, 0) is 12.8 Å². The van der Waals surface area contributed by atoms with E-state index in [4.69, 9.17) is 0 Å². The lowest BCUT2D eigenvalue weighted by molar-refractivity contribution is 0.0917. The molecule has 76 valence electrons. The summed E-state index contributed by atoms with van der Waals surface area (Å²) in [7, 11) is 3.40. The van der Waals surface area contributed by atoms with Crippen molar-refractivity contribution in [1.29, 1.82) is 0 Å². The molecule has 1 aliphatic carbocycles. The molecule has 1 aliphatic rings. The van der Waals surface area contributed by atoms with Crippen molar-refractivity contribution in [3.63, 3.8) is 0 Å². The van der Waals surface area contributed by atoms with Crippen LogP contribution in [0.2, 0.25) is 0 Å². The molecule has 0 spiro atoms. The molecule has 4 heteroatoms. The summed E-state index contributed by atoms with van der Waals surface area (Å²) < 4.78 is 0. The van der Waals surface area contributed by atoms with Gasteiger partial charge in [-0.3, -0.25) is 0 Å². The average molecular weight is 186 g/mol. The van der Waals surface area contributed by atoms with Crippen molar-refractivity contribution in [2.24, 2.45) is 0 Å². The van der Waals surface area contributed by atoms with Gasteiger partial charge in [0.15, 0.2) is 0 Å². The van der Waals surface area contributed by atoms with Crippen LogP contribution in [0.25, 0.3) is 0 Å². The van der Waals surface area contributed by atoms with Gasteiger partial charge in [-0.1, -0.05) is 12.8 Å². The molecular formula is C9H18N2O2. The van der Waals surface area contributed by atoms with Crippen molar-refractivity contribution in [2.75, 3.05) is 14.1 Å². The zero-order valence-electron chi connectivity index (χ0n) is 8.29. The summed E-state index contributed by atoms with van der Waals surface area (Å²) in [4.78, 5) is 12.7. The normalized spacial score (nSPS) is 28.2. The highest BCUT2D eigenvalue weighted by atomic mass is 16.3. The molecule has 2 amide bonds. The second kappa shape index (κ2) is 4.46. The van der Waals surface area contributed by atoms with Crippen LogP contribution in [0.15, 0.2) is 0 Å². The van der Waals surface area contributed by atoms with Crippen LogP contribution in [-0.2, 0) is 0 Å². The summed E-state index contributed by atoms with van der Waals surface area (Å²) in [5.74, 6) is 0. The lowest BCUT2D eigenvalue weighted by Crippen LogP contribution is -2.48. The van der Waals surface area contributed by atoms with Crippen molar-refractivity contribution in [2.45, 2.75) is 37.8 Å². The van der Waals surface area contributed by atoms with Gasteiger partial charge in [0.05, 0.1) is 12.1 Å². The van der Waals surface area contributed by atoms with E-state index in [0.29, 0.717) is 0 Å². The van der Waals surface area contributed by atoms with Gasteiger partial charge >= 0.3 is 6.03 Å². The van der Waals surface area contributed by atoms with Gasteiger partial charge in [0.2, 0.25) is 0 Å². The van der Waals surface area contributed by atoms with Gasteiger partial charge in [-0.15, -0.1) is 0 Å². The van der Waals surface area contributed by atoms with Gasteiger partial charge in [0.1, 0.15) is 0 Å². The average Bonchev–Trinajstić information content (AvgIpc) is 2.08. The van der Waals surface area contributed by atoms with E-state index in [1.165, 1.54) is 4.90 Å². The highest BCUT2D eigenvalue weighted by Crippen LogP contribution is 2.18. The number of urea groups is 1. The number of carbonyl (C=O) groups is 1. The minimum Gasteiger partial charge on any atom is -0.391 e. The fraction of sp³-hybridized carbons (Fsp3) is 0.889. The first-order valence-corrected chi connectivity index (χ1v) is 4.77. The van der Waals surface area contributed by atoms with E-state index < -0.39 is 0 Å². The molecule has 0 radical (unpaired) electrons. The number of amides is 2. The number of rotatable bonds is 1. The smallest absolute Gasteiger partial charge is 0.317 e. The third-order valence-corrected chi connectivity index (χ3v) is 2.44. The fourth-order valence-corrected chi connectivity index (χ4v) is 1.57. The number of hydrogen-bond acceptors (Lipinski definition) is 2. The molecule has 1 saturated carbocycles. The van der Waals surface area contributed by atoms with Crippen molar-refractivity contribution in [3.8, 4) is 0 Å². The Morgan fingerprint density at radius 1 is 1.38 bits per heavy atom. The molecule has 1 fully saturated rings. The van der Waals surface area contributed by atoms with Gasteiger partial charge in [0.25, 0.3) is 0 Å². The van der Waals surface area contributed by atoms with Gasteiger partial charge in [-0.25, -0.2) is 4.79 Å². The Balaban J connectivity index is 2.38. The van der Waals surface area contributed by atoms with E-state index in [-0.39, 0.29) is 18.2 Å². The van der Waals surface area contributed by atoms with Crippen molar-refractivity contribution < 1.29 is 9.90 Å². The van der Waals surface area contributed by atoms with E-state index in [2.05, 4.69) is 5.32 Å². The Morgan fingerprint density at radius 3 is 2.54 bits per heavy atom. The maximum atomic E-state index is 11.3. The Hall–Kier alpha value is -0.770. The predicted molar refractivity (Wildman–Crippen MR) is 50.5 cm³/mol. The first kappa shape index (κ1) is 10.3. The number of hydrogen-bond donors (Lipinski definition) is 2. The third kappa shape index (κ3) is 2.88. The van der Waals surface area contributed by atoms with Gasteiger partial charge in [-0.2, -0.15) is 0 Å². The van der Waals surface area contributed by atoms with E-state index in [1.54, 1.807) is 14.1 Å². The summed E-state index contributed by atoms with van der Waals surface area (Å²) in [6.07, 6.45) is 3.49. The van der Waals surface area contributed by atoms with Crippen molar-refractivity contribution >= 4 is 6.03 Å². The molecule has 0 aliphatic heterocycles. The van der Waals surface area contributed by atoms with Crippen LogP contribution in [0, 0.1) is 0 Å². The molecule has 4 nitrogen and oxygen atoms in total. The lowest BCUT2D eigenvalue weighted by Gasteiger charge is -2.29. The zero-order chi connectivity index (χ0) is 9.84. The number of nitrogens with zero attached hydrogens (tertiary/aromatic N) is 1. The number of aliphatic hydroxyl groups excluding tert-OH is 1. The molecule has 0 aromatic rings. The molecule has 0 heterocycles. The summed E-state index contributed by atoms with van der Waals surface area (Å²) in [6.45, 7) is 0. The summed E-state index contributed by atoms with van der Waals surface area (Å²) in [5, 5.41) is 12.4. The summed E-state index contributed by atoms with van der Waals surface area (Å²) in [5.41, 5.74) is 0. The largest absolute Gasteiger partial charge is 0.391 e. The molecule has 1 rings (SSSR count). The fourth-order valence-electron chi connectivity index (χ4n) is 1.57. The standard InChI is InChI=1S/C9H18N2O2/c1-11(2)9(13)10-7-5-3-4-6-8(7)12/h7-8,12H,3-6H2,1-2H3,(H,10,13)/t7-,8-/m1/s1. The van der Waals surface area contributed by atoms with Crippen LogP contribution < -0.4 is 5.32 Å². The molecule has 0 saturated heterocycles. The summed E-state index contributed by atoms with van der Waals surface area (Å²) in [6, 6.07) is -0.172. The third-order valence-electron chi connectivity index (χ3n) is 2.44. The molecule has 13 heavy (non-hydrogen) atoms. The molecule has 0 aromatic carbocycles. The van der Waals surface area contributed by atoms with E-state index in [9.17, 15) is 9.90 Å². The number of carbonyl (C=O) groups excluding carboxylic acids is 1. The zero-order valence-corrected chi connectivity index (χ0v) is 8.29. The maximum absolute atomic E-state index is 11.3. The summed E-state index contributed by atoms with van der Waals surface area (Å²) >= 11 is 0. The second-order valence-electron chi connectivity index (χ2n) is 3.80. The minimum atomic E-state index is -0.363. The first-order valence-electron chi connectivity index (χ1n) is 4.77. The van der Waals surface area contributed by atoms with Crippen molar-refractivity contribution in [1.82, 2.24) is 10.2 Å². The lowest BCUT2D eigenvalue weighted by atomic mass is 9.93.